The molecule has 2 aliphatic carbocycles. The second kappa shape index (κ2) is 9.35. The monoisotopic (exact) mass is 441 g/mol. The average Bonchev–Trinajstić information content (AvgIpc) is 3.28. The quantitative estimate of drug-likeness (QED) is 0.675. The van der Waals surface area contributed by atoms with E-state index in [0.717, 1.165) is 64.0 Å². The normalized spacial score (nSPS) is 26.3. The first-order chi connectivity index (χ1) is 14.8. The van der Waals surface area contributed by atoms with Gasteiger partial charge in [0.25, 0.3) is 0 Å². The summed E-state index contributed by atoms with van der Waals surface area (Å²) in [7, 11) is 0. The summed E-state index contributed by atoms with van der Waals surface area (Å²) in [4.78, 5) is 17.5. The van der Waals surface area contributed by atoms with Gasteiger partial charge in [-0.25, -0.2) is 4.39 Å². The number of halogens is 4. The van der Waals surface area contributed by atoms with Crippen molar-refractivity contribution in [2.45, 2.75) is 69.6 Å². The molecule has 1 amide bonds. The summed E-state index contributed by atoms with van der Waals surface area (Å²) in [6.07, 6.45) is 3.53. The van der Waals surface area contributed by atoms with Crippen molar-refractivity contribution in [3.63, 3.8) is 0 Å². The predicted molar refractivity (Wildman–Crippen MR) is 111 cm³/mol. The maximum Gasteiger partial charge on any atom is 0.419 e. The van der Waals surface area contributed by atoms with Crippen molar-refractivity contribution in [3.05, 3.63) is 29.6 Å². The lowest BCUT2D eigenvalue weighted by molar-refractivity contribution is -0.140. The third-order valence-electron chi connectivity index (χ3n) is 7.19. The highest BCUT2D eigenvalue weighted by molar-refractivity contribution is 5.79. The third-order valence-corrected chi connectivity index (χ3v) is 7.19. The number of nitrogens with zero attached hydrogens (tertiary/aromatic N) is 2. The summed E-state index contributed by atoms with van der Waals surface area (Å²) in [5, 5.41) is 3.14. The van der Waals surface area contributed by atoms with Crippen LogP contribution in [0.2, 0.25) is 0 Å². The molecule has 1 N–H and O–H groups in total. The minimum absolute atomic E-state index is 0.0143. The average molecular weight is 442 g/mol. The van der Waals surface area contributed by atoms with E-state index in [0.29, 0.717) is 11.7 Å². The fourth-order valence-corrected chi connectivity index (χ4v) is 5.39. The highest BCUT2D eigenvalue weighted by Gasteiger charge is 2.35. The standard InChI is InChI=1S/C23H31F4N3O/c24-21-15-18(9-10-20(21)23(25,26)27)28-17-7-5-16(6-8-17)22(31)30-13-11-29(12-14-30)19-3-1-2-4-19/h9-10,15-17,19,28H,1-8,11-14H2/t16-,17+. The largest absolute Gasteiger partial charge is 0.419 e. The minimum atomic E-state index is -4.69. The van der Waals surface area contributed by atoms with E-state index in [1.54, 1.807) is 0 Å². The number of rotatable bonds is 4. The van der Waals surface area contributed by atoms with Crippen molar-refractivity contribution in [2.24, 2.45) is 5.92 Å². The van der Waals surface area contributed by atoms with E-state index in [1.165, 1.54) is 31.7 Å². The number of alkyl halides is 3. The van der Waals surface area contributed by atoms with Gasteiger partial charge in [0.15, 0.2) is 0 Å². The molecule has 0 radical (unpaired) electrons. The Labute approximate surface area is 181 Å². The maximum absolute atomic E-state index is 13.8. The Hall–Kier alpha value is -1.83. The first kappa shape index (κ1) is 22.4. The number of nitrogens with one attached hydrogen (secondary N) is 1. The van der Waals surface area contributed by atoms with Crippen LogP contribution in [0.4, 0.5) is 23.2 Å². The first-order valence-electron chi connectivity index (χ1n) is 11.5. The highest BCUT2D eigenvalue weighted by Crippen LogP contribution is 2.34. The summed E-state index contributed by atoms with van der Waals surface area (Å²) in [5.74, 6) is -1.01. The van der Waals surface area contributed by atoms with Gasteiger partial charge in [0.05, 0.1) is 5.56 Å². The van der Waals surface area contributed by atoms with E-state index in [1.807, 2.05) is 4.90 Å². The predicted octanol–water partition coefficient (Wildman–Crippen LogP) is 4.90. The topological polar surface area (TPSA) is 35.6 Å². The van der Waals surface area contributed by atoms with Gasteiger partial charge in [0.1, 0.15) is 5.82 Å². The van der Waals surface area contributed by atoms with Crippen LogP contribution >= 0.6 is 0 Å². The molecule has 3 fully saturated rings. The van der Waals surface area contributed by atoms with Crippen molar-refractivity contribution in [1.29, 1.82) is 0 Å². The van der Waals surface area contributed by atoms with Crippen LogP contribution in [0.5, 0.6) is 0 Å². The van der Waals surface area contributed by atoms with Crippen molar-refractivity contribution < 1.29 is 22.4 Å². The lowest BCUT2D eigenvalue weighted by Crippen LogP contribution is -2.53. The second-order valence-corrected chi connectivity index (χ2v) is 9.18. The second-order valence-electron chi connectivity index (χ2n) is 9.18. The number of hydrogen-bond acceptors (Lipinski definition) is 3. The number of hydrogen-bond donors (Lipinski definition) is 1. The van der Waals surface area contributed by atoms with Gasteiger partial charge >= 0.3 is 6.18 Å². The van der Waals surface area contributed by atoms with Gasteiger partial charge in [0, 0.05) is 49.9 Å². The number of carbonyl (C=O) groups excluding carboxylic acids is 1. The number of anilines is 1. The van der Waals surface area contributed by atoms with Crippen LogP contribution in [-0.2, 0) is 11.0 Å². The van der Waals surface area contributed by atoms with Gasteiger partial charge in [-0.3, -0.25) is 9.69 Å². The number of benzene rings is 1. The molecular formula is C23H31F4N3O. The van der Waals surface area contributed by atoms with Gasteiger partial charge in [-0.05, 0) is 56.7 Å². The fraction of sp³-hybridized carbons (Fsp3) is 0.696. The van der Waals surface area contributed by atoms with E-state index in [9.17, 15) is 22.4 Å². The molecule has 0 bridgehead atoms. The summed E-state index contributed by atoms with van der Waals surface area (Å²) in [5.41, 5.74) is -0.899. The Morgan fingerprint density at radius 3 is 2.16 bits per heavy atom. The van der Waals surface area contributed by atoms with Crippen LogP contribution in [0.3, 0.4) is 0 Å². The molecule has 0 spiro atoms. The number of amides is 1. The van der Waals surface area contributed by atoms with Gasteiger partial charge in [-0.1, -0.05) is 12.8 Å². The molecule has 1 heterocycles. The van der Waals surface area contributed by atoms with E-state index in [-0.39, 0.29) is 17.9 Å². The molecule has 0 aromatic heterocycles. The van der Waals surface area contributed by atoms with E-state index in [2.05, 4.69) is 10.2 Å². The number of carbonyl (C=O) groups is 1. The molecule has 1 aromatic carbocycles. The summed E-state index contributed by atoms with van der Waals surface area (Å²) in [6, 6.07) is 3.70. The Balaban J connectivity index is 1.23. The van der Waals surface area contributed by atoms with Gasteiger partial charge in [-0.2, -0.15) is 13.2 Å². The number of piperazine rings is 1. The van der Waals surface area contributed by atoms with Crippen molar-refractivity contribution in [1.82, 2.24) is 9.80 Å². The molecule has 3 aliphatic rings. The Morgan fingerprint density at radius 2 is 1.58 bits per heavy atom. The van der Waals surface area contributed by atoms with E-state index < -0.39 is 17.6 Å². The van der Waals surface area contributed by atoms with Crippen LogP contribution < -0.4 is 5.32 Å². The van der Waals surface area contributed by atoms with Gasteiger partial charge < -0.3 is 10.2 Å². The Kier molecular flexibility index (Phi) is 6.74. The Bertz CT molecular complexity index is 763. The van der Waals surface area contributed by atoms with Crippen molar-refractivity contribution in [2.75, 3.05) is 31.5 Å². The van der Waals surface area contributed by atoms with Crippen LogP contribution in [-0.4, -0.2) is 54.0 Å². The lowest BCUT2D eigenvalue weighted by atomic mass is 9.85. The molecule has 172 valence electrons. The molecule has 0 unspecified atom stereocenters. The summed E-state index contributed by atoms with van der Waals surface area (Å²) < 4.78 is 51.9. The first-order valence-corrected chi connectivity index (χ1v) is 11.5. The minimum Gasteiger partial charge on any atom is -0.382 e. The zero-order chi connectivity index (χ0) is 22.0. The zero-order valence-electron chi connectivity index (χ0n) is 17.8. The summed E-state index contributed by atoms with van der Waals surface area (Å²) >= 11 is 0. The molecule has 1 aliphatic heterocycles. The maximum atomic E-state index is 13.8. The molecular weight excluding hydrogens is 410 g/mol. The van der Waals surface area contributed by atoms with Gasteiger partial charge in [0.2, 0.25) is 5.91 Å². The molecule has 2 saturated carbocycles. The molecule has 1 saturated heterocycles. The van der Waals surface area contributed by atoms with Crippen molar-refractivity contribution >= 4 is 11.6 Å². The van der Waals surface area contributed by atoms with Crippen LogP contribution in [0.25, 0.3) is 0 Å². The molecule has 4 nitrogen and oxygen atoms in total. The molecule has 4 rings (SSSR count). The fourth-order valence-electron chi connectivity index (χ4n) is 5.39. The third kappa shape index (κ3) is 5.33. The van der Waals surface area contributed by atoms with Crippen LogP contribution in [0, 0.1) is 11.7 Å². The smallest absolute Gasteiger partial charge is 0.382 e. The van der Waals surface area contributed by atoms with E-state index >= 15 is 0 Å². The zero-order valence-corrected chi connectivity index (χ0v) is 17.8. The molecule has 1 aromatic rings. The Morgan fingerprint density at radius 1 is 0.935 bits per heavy atom. The molecule has 8 heteroatoms. The van der Waals surface area contributed by atoms with Gasteiger partial charge in [-0.15, -0.1) is 0 Å². The SMILES string of the molecule is O=C([C@H]1CC[C@@H](Nc2ccc(C(F)(F)F)c(F)c2)CC1)N1CCN(C2CCCC2)CC1. The highest BCUT2D eigenvalue weighted by atomic mass is 19.4. The van der Waals surface area contributed by atoms with Crippen LogP contribution in [0.15, 0.2) is 18.2 Å². The van der Waals surface area contributed by atoms with Crippen molar-refractivity contribution in [3.8, 4) is 0 Å². The lowest BCUT2D eigenvalue weighted by Gasteiger charge is -2.40. The molecule has 31 heavy (non-hydrogen) atoms. The van der Waals surface area contributed by atoms with Crippen LogP contribution in [0.1, 0.15) is 56.9 Å². The molecule has 0 atom stereocenters. The van der Waals surface area contributed by atoms with E-state index in [4.69, 9.17) is 0 Å². The summed E-state index contributed by atoms with van der Waals surface area (Å²) in [6.45, 7) is 3.54.